The Morgan fingerprint density at radius 1 is 1.10 bits per heavy atom. The van der Waals surface area contributed by atoms with Crippen LogP contribution in [0.3, 0.4) is 0 Å². The Labute approximate surface area is 134 Å². The Morgan fingerprint density at radius 2 is 1.62 bits per heavy atom. The summed E-state index contributed by atoms with van der Waals surface area (Å²) in [4.78, 5) is 2.30. The van der Waals surface area contributed by atoms with Crippen LogP contribution in [0.2, 0.25) is 0 Å². The number of benzene rings is 1. The fourth-order valence-electron chi connectivity index (χ4n) is 2.23. The maximum absolute atomic E-state index is 12.1. The third kappa shape index (κ3) is 6.30. The van der Waals surface area contributed by atoms with Crippen LogP contribution >= 0.6 is 24.8 Å². The molecule has 1 heterocycles. The third-order valence-corrected chi connectivity index (χ3v) is 3.30. The van der Waals surface area contributed by atoms with Gasteiger partial charge in [-0.3, -0.25) is 4.90 Å². The number of nitrogens with one attached hydrogen (secondary N) is 1. The summed E-state index contributed by atoms with van der Waals surface area (Å²) in [6, 6.07) is 6.30. The van der Waals surface area contributed by atoms with Crippen LogP contribution in [0.5, 0.6) is 5.75 Å². The molecule has 1 aromatic rings. The first kappa shape index (κ1) is 20.3. The van der Waals surface area contributed by atoms with E-state index in [4.69, 9.17) is 0 Å². The van der Waals surface area contributed by atoms with Crippen LogP contribution in [0.4, 0.5) is 13.2 Å². The topological polar surface area (TPSA) is 24.5 Å². The van der Waals surface area contributed by atoms with Crippen molar-refractivity contribution in [2.24, 2.45) is 0 Å². The number of hydrogen-bond acceptors (Lipinski definition) is 3. The molecule has 1 aromatic carbocycles. The van der Waals surface area contributed by atoms with E-state index >= 15 is 0 Å². The second kappa shape index (κ2) is 8.68. The van der Waals surface area contributed by atoms with Crippen molar-refractivity contribution in [1.82, 2.24) is 10.2 Å². The van der Waals surface area contributed by atoms with Crippen molar-refractivity contribution in [3.8, 4) is 5.75 Å². The minimum atomic E-state index is -4.63. The average Bonchev–Trinajstić information content (AvgIpc) is 2.38. The molecular weight excluding hydrogens is 328 g/mol. The lowest BCUT2D eigenvalue weighted by molar-refractivity contribution is -0.274. The Bertz CT molecular complexity index is 409. The highest BCUT2D eigenvalue weighted by atomic mass is 35.5. The van der Waals surface area contributed by atoms with Gasteiger partial charge in [-0.2, -0.15) is 0 Å². The van der Waals surface area contributed by atoms with Crippen molar-refractivity contribution in [1.29, 1.82) is 0 Å². The number of halogens is 5. The van der Waals surface area contributed by atoms with Gasteiger partial charge >= 0.3 is 6.36 Å². The minimum absolute atomic E-state index is 0. The second-order valence-corrected chi connectivity index (χ2v) is 4.58. The van der Waals surface area contributed by atoms with Gasteiger partial charge in [-0.15, -0.1) is 38.0 Å². The van der Waals surface area contributed by atoms with Gasteiger partial charge in [0, 0.05) is 32.2 Å². The monoisotopic (exact) mass is 346 g/mol. The van der Waals surface area contributed by atoms with Crippen LogP contribution in [0.25, 0.3) is 0 Å². The lowest BCUT2D eigenvalue weighted by Gasteiger charge is -2.33. The number of nitrogens with zero attached hydrogens (tertiary/aromatic N) is 1. The van der Waals surface area contributed by atoms with E-state index in [1.807, 2.05) is 0 Å². The van der Waals surface area contributed by atoms with Gasteiger partial charge in [0.2, 0.25) is 0 Å². The summed E-state index contributed by atoms with van der Waals surface area (Å²) < 4.78 is 40.0. The van der Waals surface area contributed by atoms with E-state index in [0.717, 1.165) is 31.7 Å². The number of piperazine rings is 1. The van der Waals surface area contributed by atoms with Gasteiger partial charge in [-0.1, -0.05) is 12.1 Å². The lowest BCUT2D eigenvalue weighted by Crippen LogP contribution is -2.44. The fraction of sp³-hybridized carbons (Fsp3) is 0.538. The molecule has 1 aliphatic heterocycles. The summed E-state index contributed by atoms with van der Waals surface area (Å²) in [5.41, 5.74) is 0.997. The summed E-state index contributed by atoms with van der Waals surface area (Å²) in [6.45, 7) is 5.84. The van der Waals surface area contributed by atoms with Gasteiger partial charge in [0.15, 0.2) is 0 Å². The fourth-order valence-corrected chi connectivity index (χ4v) is 2.23. The first-order valence-corrected chi connectivity index (χ1v) is 6.26. The number of hydrogen-bond donors (Lipinski definition) is 1. The quantitative estimate of drug-likeness (QED) is 0.907. The van der Waals surface area contributed by atoms with E-state index in [0.29, 0.717) is 0 Å². The zero-order valence-electron chi connectivity index (χ0n) is 11.5. The molecule has 0 amide bonds. The van der Waals surface area contributed by atoms with Crippen molar-refractivity contribution < 1.29 is 17.9 Å². The number of rotatable bonds is 3. The molecule has 21 heavy (non-hydrogen) atoms. The number of alkyl halides is 3. The molecule has 1 fully saturated rings. The summed E-state index contributed by atoms with van der Waals surface area (Å²) in [5.74, 6) is -0.177. The largest absolute Gasteiger partial charge is 0.573 e. The highest BCUT2D eigenvalue weighted by molar-refractivity contribution is 5.85. The first-order valence-electron chi connectivity index (χ1n) is 6.26. The van der Waals surface area contributed by atoms with E-state index < -0.39 is 6.36 Å². The van der Waals surface area contributed by atoms with E-state index in [1.165, 1.54) is 12.1 Å². The maximum Gasteiger partial charge on any atom is 0.573 e. The summed E-state index contributed by atoms with van der Waals surface area (Å²) in [5, 5.41) is 3.27. The van der Waals surface area contributed by atoms with Crippen LogP contribution in [0.15, 0.2) is 24.3 Å². The van der Waals surface area contributed by atoms with Crippen LogP contribution in [0.1, 0.15) is 18.5 Å². The van der Waals surface area contributed by atoms with Crippen molar-refractivity contribution in [3.05, 3.63) is 29.8 Å². The lowest BCUT2D eigenvalue weighted by atomic mass is 10.1. The van der Waals surface area contributed by atoms with E-state index in [1.54, 1.807) is 12.1 Å². The highest BCUT2D eigenvalue weighted by Crippen LogP contribution is 2.26. The van der Waals surface area contributed by atoms with E-state index in [2.05, 4.69) is 21.9 Å². The van der Waals surface area contributed by atoms with Gasteiger partial charge in [-0.05, 0) is 24.6 Å². The molecule has 1 atom stereocenters. The molecule has 1 aliphatic rings. The molecule has 1 N–H and O–H groups in total. The van der Waals surface area contributed by atoms with E-state index in [9.17, 15) is 13.2 Å². The molecule has 0 aromatic heterocycles. The van der Waals surface area contributed by atoms with Crippen molar-refractivity contribution >= 4 is 24.8 Å². The van der Waals surface area contributed by atoms with Crippen molar-refractivity contribution in [2.75, 3.05) is 26.2 Å². The van der Waals surface area contributed by atoms with Gasteiger partial charge < -0.3 is 10.1 Å². The molecule has 8 heteroatoms. The van der Waals surface area contributed by atoms with Crippen LogP contribution in [-0.4, -0.2) is 37.4 Å². The predicted molar refractivity (Wildman–Crippen MR) is 80.5 cm³/mol. The predicted octanol–water partition coefficient (Wildman–Crippen LogP) is 3.40. The van der Waals surface area contributed by atoms with Gasteiger partial charge in [0.05, 0.1) is 0 Å². The van der Waals surface area contributed by atoms with Gasteiger partial charge in [0.1, 0.15) is 5.75 Å². The van der Waals surface area contributed by atoms with Crippen LogP contribution in [0, 0.1) is 0 Å². The average molecular weight is 347 g/mol. The highest BCUT2D eigenvalue weighted by Gasteiger charge is 2.31. The van der Waals surface area contributed by atoms with Gasteiger partial charge in [-0.25, -0.2) is 0 Å². The zero-order valence-corrected chi connectivity index (χ0v) is 13.2. The molecule has 0 saturated carbocycles. The normalized spacial score (nSPS) is 17.3. The zero-order chi connectivity index (χ0) is 13.9. The van der Waals surface area contributed by atoms with Crippen LogP contribution in [-0.2, 0) is 0 Å². The molecule has 1 saturated heterocycles. The van der Waals surface area contributed by atoms with Crippen LogP contribution < -0.4 is 10.1 Å². The molecule has 0 radical (unpaired) electrons. The Morgan fingerprint density at radius 3 is 2.10 bits per heavy atom. The van der Waals surface area contributed by atoms with Crippen molar-refractivity contribution in [2.45, 2.75) is 19.3 Å². The van der Waals surface area contributed by atoms with E-state index in [-0.39, 0.29) is 36.6 Å². The molecule has 0 aliphatic carbocycles. The molecule has 2 rings (SSSR count). The molecule has 3 nitrogen and oxygen atoms in total. The molecule has 1 unspecified atom stereocenters. The Balaban J connectivity index is 0.00000200. The summed E-state index contributed by atoms with van der Waals surface area (Å²) in [7, 11) is 0. The van der Waals surface area contributed by atoms with Crippen molar-refractivity contribution in [3.63, 3.8) is 0 Å². The molecule has 0 bridgehead atoms. The standard InChI is InChI=1S/C13H17F3N2O.2ClH/c1-10(18-8-6-17-7-9-18)11-2-4-12(5-3-11)19-13(14,15)16;;/h2-5,10,17H,6-9H2,1H3;2*1H. The second-order valence-electron chi connectivity index (χ2n) is 4.58. The Kier molecular flexibility index (Phi) is 8.39. The summed E-state index contributed by atoms with van der Waals surface area (Å²) >= 11 is 0. The maximum atomic E-state index is 12.1. The molecule has 122 valence electrons. The van der Waals surface area contributed by atoms with Gasteiger partial charge in [0.25, 0.3) is 0 Å². The third-order valence-electron chi connectivity index (χ3n) is 3.30. The smallest absolute Gasteiger partial charge is 0.406 e. The number of ether oxygens (including phenoxy) is 1. The molecular formula is C13H19Cl2F3N2O. The first-order chi connectivity index (χ1) is 8.96. The minimum Gasteiger partial charge on any atom is -0.406 e. The molecule has 0 spiro atoms. The Hall–Kier alpha value is -0.690. The SMILES string of the molecule is CC(c1ccc(OC(F)(F)F)cc1)N1CCNCC1.Cl.Cl. The summed E-state index contributed by atoms with van der Waals surface area (Å²) in [6.07, 6.45) is -4.63.